The number of hydrogen-bond donors (Lipinski definition) is 3. The molecule has 0 saturated heterocycles. The summed E-state index contributed by atoms with van der Waals surface area (Å²) in [5.74, 6) is -2.62. The van der Waals surface area contributed by atoms with Gasteiger partial charge < -0.3 is 20.3 Å². The molecule has 3 atom stereocenters. The minimum Gasteiger partial charge on any atom is -0.481 e. The molecule has 33 heavy (non-hydrogen) atoms. The zero-order valence-corrected chi connectivity index (χ0v) is 19.9. The Kier molecular flexibility index (Phi) is 7.83. The van der Waals surface area contributed by atoms with E-state index in [1.165, 1.54) is 0 Å². The fourth-order valence-electron chi connectivity index (χ4n) is 5.49. The maximum Gasteiger partial charge on any atom is 0.326 e. The molecule has 0 aliphatic heterocycles. The van der Waals surface area contributed by atoms with E-state index < -0.39 is 34.7 Å². The molecule has 2 aliphatic carbocycles. The van der Waals surface area contributed by atoms with Gasteiger partial charge >= 0.3 is 11.9 Å². The summed E-state index contributed by atoms with van der Waals surface area (Å²) in [4.78, 5) is 36.7. The summed E-state index contributed by atoms with van der Waals surface area (Å²) in [5.41, 5.74) is -0.631. The molecule has 0 heterocycles. The van der Waals surface area contributed by atoms with Crippen molar-refractivity contribution in [2.24, 2.45) is 22.7 Å². The van der Waals surface area contributed by atoms with Gasteiger partial charge in [-0.3, -0.25) is 9.59 Å². The minimum absolute atomic E-state index is 0.173. The van der Waals surface area contributed by atoms with Crippen molar-refractivity contribution in [2.75, 3.05) is 0 Å². The third-order valence-corrected chi connectivity index (χ3v) is 8.32. The SMILES string of the molecule is CC1(C)[C@@H](C(=O)N[C@@H](CC2CCC(OCc3ccccc3)CC2)C(=O)O)CC[C@@]1(C)C(=O)O. The summed E-state index contributed by atoms with van der Waals surface area (Å²) in [7, 11) is 0. The Hall–Kier alpha value is -2.41. The predicted octanol–water partition coefficient (Wildman–Crippen LogP) is 4.25. The van der Waals surface area contributed by atoms with E-state index in [2.05, 4.69) is 5.32 Å². The Morgan fingerprint density at radius 1 is 1.03 bits per heavy atom. The van der Waals surface area contributed by atoms with Crippen molar-refractivity contribution in [2.45, 2.75) is 84.5 Å². The average Bonchev–Trinajstić information content (AvgIpc) is 3.03. The van der Waals surface area contributed by atoms with E-state index in [-0.39, 0.29) is 17.9 Å². The van der Waals surface area contributed by atoms with Crippen LogP contribution in [0.3, 0.4) is 0 Å². The highest BCUT2D eigenvalue weighted by Crippen LogP contribution is 2.56. The average molecular weight is 460 g/mol. The first-order valence-electron chi connectivity index (χ1n) is 12.0. The number of rotatable bonds is 9. The number of aliphatic carboxylic acids is 2. The Morgan fingerprint density at radius 2 is 1.67 bits per heavy atom. The van der Waals surface area contributed by atoms with E-state index in [1.807, 2.05) is 30.3 Å². The van der Waals surface area contributed by atoms with Gasteiger partial charge in [0.2, 0.25) is 5.91 Å². The number of nitrogens with one attached hydrogen (secondary N) is 1. The first kappa shape index (κ1) is 25.2. The molecule has 0 radical (unpaired) electrons. The molecule has 2 fully saturated rings. The zero-order valence-electron chi connectivity index (χ0n) is 19.9. The van der Waals surface area contributed by atoms with Crippen molar-refractivity contribution in [1.29, 1.82) is 0 Å². The molecule has 1 aromatic rings. The molecule has 7 nitrogen and oxygen atoms in total. The van der Waals surface area contributed by atoms with Crippen LogP contribution in [0.5, 0.6) is 0 Å². The standard InChI is InChI=1S/C26H37NO6/c1-25(2)20(13-14-26(25,3)24(31)32)22(28)27-21(23(29)30)15-17-9-11-19(12-10-17)33-16-18-7-5-4-6-8-18/h4-8,17,19-21H,9-16H2,1-3H3,(H,27,28)(H,29,30)(H,31,32)/t17?,19?,20-,21+,26+/m1/s1. The van der Waals surface area contributed by atoms with E-state index in [4.69, 9.17) is 4.74 Å². The second-order valence-corrected chi connectivity index (χ2v) is 10.5. The third-order valence-electron chi connectivity index (χ3n) is 8.32. The number of hydrogen-bond acceptors (Lipinski definition) is 4. The summed E-state index contributed by atoms with van der Waals surface area (Å²) in [6.07, 6.45) is 4.89. The lowest BCUT2D eigenvalue weighted by molar-refractivity contribution is -0.155. The van der Waals surface area contributed by atoms with Crippen molar-refractivity contribution in [3.8, 4) is 0 Å². The van der Waals surface area contributed by atoms with E-state index in [9.17, 15) is 24.6 Å². The molecule has 0 unspecified atom stereocenters. The van der Waals surface area contributed by atoms with Crippen LogP contribution in [0.2, 0.25) is 0 Å². The lowest BCUT2D eigenvalue weighted by atomic mass is 9.65. The maximum atomic E-state index is 13.0. The van der Waals surface area contributed by atoms with Crippen LogP contribution in [-0.4, -0.2) is 40.2 Å². The fraction of sp³-hybridized carbons (Fsp3) is 0.654. The van der Waals surface area contributed by atoms with Crippen molar-refractivity contribution >= 4 is 17.8 Å². The number of carboxylic acids is 2. The number of carbonyl (C=O) groups is 3. The third kappa shape index (κ3) is 5.57. The van der Waals surface area contributed by atoms with Crippen molar-refractivity contribution in [1.82, 2.24) is 5.32 Å². The largest absolute Gasteiger partial charge is 0.481 e. The molecule has 182 valence electrons. The second kappa shape index (κ2) is 10.2. The highest BCUT2D eigenvalue weighted by molar-refractivity contribution is 5.87. The van der Waals surface area contributed by atoms with Crippen LogP contribution < -0.4 is 5.32 Å². The Bertz CT molecular complexity index is 846. The van der Waals surface area contributed by atoms with E-state index in [0.717, 1.165) is 31.2 Å². The minimum atomic E-state index is -1.04. The van der Waals surface area contributed by atoms with Crippen LogP contribution in [0, 0.1) is 22.7 Å². The number of carboxylic acid groups (broad SMARTS) is 2. The lowest BCUT2D eigenvalue weighted by Gasteiger charge is -2.38. The van der Waals surface area contributed by atoms with Crippen LogP contribution in [0.25, 0.3) is 0 Å². The zero-order chi connectivity index (χ0) is 24.2. The van der Waals surface area contributed by atoms with Crippen LogP contribution in [0.15, 0.2) is 30.3 Å². The lowest BCUT2D eigenvalue weighted by Crippen LogP contribution is -2.49. The van der Waals surface area contributed by atoms with Gasteiger partial charge in [-0.2, -0.15) is 0 Å². The second-order valence-electron chi connectivity index (χ2n) is 10.5. The first-order valence-corrected chi connectivity index (χ1v) is 12.0. The molecule has 0 aromatic heterocycles. The van der Waals surface area contributed by atoms with Crippen molar-refractivity contribution in [3.05, 3.63) is 35.9 Å². The molecular formula is C26H37NO6. The van der Waals surface area contributed by atoms with Gasteiger partial charge in [-0.1, -0.05) is 44.2 Å². The molecule has 2 aliphatic rings. The van der Waals surface area contributed by atoms with Crippen molar-refractivity contribution < 1.29 is 29.3 Å². The van der Waals surface area contributed by atoms with Gasteiger partial charge in [0.05, 0.1) is 18.1 Å². The number of benzene rings is 1. The summed E-state index contributed by atoms with van der Waals surface area (Å²) >= 11 is 0. The van der Waals surface area contributed by atoms with Crippen LogP contribution in [-0.2, 0) is 25.7 Å². The molecule has 2 saturated carbocycles. The molecular weight excluding hydrogens is 422 g/mol. The summed E-state index contributed by atoms with van der Waals surface area (Å²) in [5, 5.41) is 22.2. The molecule has 1 aromatic carbocycles. The van der Waals surface area contributed by atoms with Gasteiger partial charge in [0, 0.05) is 5.92 Å². The Labute approximate surface area is 195 Å². The van der Waals surface area contributed by atoms with Crippen LogP contribution in [0.1, 0.15) is 71.3 Å². The van der Waals surface area contributed by atoms with E-state index in [1.54, 1.807) is 20.8 Å². The van der Waals surface area contributed by atoms with Crippen LogP contribution in [0.4, 0.5) is 0 Å². The fourth-order valence-corrected chi connectivity index (χ4v) is 5.49. The van der Waals surface area contributed by atoms with Crippen molar-refractivity contribution in [3.63, 3.8) is 0 Å². The van der Waals surface area contributed by atoms with Gasteiger partial charge in [0.25, 0.3) is 0 Å². The smallest absolute Gasteiger partial charge is 0.326 e. The molecule has 7 heteroatoms. The molecule has 0 bridgehead atoms. The van der Waals surface area contributed by atoms with Crippen LogP contribution >= 0.6 is 0 Å². The quantitative estimate of drug-likeness (QED) is 0.509. The molecule has 3 N–H and O–H groups in total. The van der Waals surface area contributed by atoms with E-state index in [0.29, 0.717) is 25.9 Å². The maximum absolute atomic E-state index is 13.0. The number of carbonyl (C=O) groups excluding carboxylic acids is 1. The van der Waals surface area contributed by atoms with Gasteiger partial charge in [0.15, 0.2) is 0 Å². The molecule has 0 spiro atoms. The van der Waals surface area contributed by atoms with Gasteiger partial charge in [-0.25, -0.2) is 4.79 Å². The summed E-state index contributed by atoms with van der Waals surface area (Å²) in [6, 6.07) is 9.07. The van der Waals surface area contributed by atoms with Gasteiger partial charge in [0.1, 0.15) is 6.04 Å². The molecule has 3 rings (SSSR count). The van der Waals surface area contributed by atoms with Gasteiger partial charge in [-0.15, -0.1) is 0 Å². The summed E-state index contributed by atoms with van der Waals surface area (Å²) in [6.45, 7) is 5.85. The monoisotopic (exact) mass is 459 g/mol. The highest BCUT2D eigenvalue weighted by atomic mass is 16.5. The van der Waals surface area contributed by atoms with E-state index >= 15 is 0 Å². The summed E-state index contributed by atoms with van der Waals surface area (Å²) < 4.78 is 6.03. The Morgan fingerprint density at radius 3 is 2.21 bits per heavy atom. The topological polar surface area (TPSA) is 113 Å². The normalized spacial score (nSPS) is 29.8. The number of amides is 1. The van der Waals surface area contributed by atoms with Gasteiger partial charge in [-0.05, 0) is 68.8 Å². The predicted molar refractivity (Wildman–Crippen MR) is 123 cm³/mol. The molecule has 1 amide bonds. The first-order chi connectivity index (χ1) is 15.5. The number of ether oxygens (including phenoxy) is 1. The Balaban J connectivity index is 1.51. The highest BCUT2D eigenvalue weighted by Gasteiger charge is 2.58.